The highest BCUT2D eigenvalue weighted by Crippen LogP contribution is 2.31. The second-order valence-corrected chi connectivity index (χ2v) is 6.77. The van der Waals surface area contributed by atoms with Crippen LogP contribution in [0, 0.1) is 0 Å². The minimum atomic E-state index is -4.58. The Kier molecular flexibility index (Phi) is 5.20. The molecule has 142 valence electrons. The highest BCUT2D eigenvalue weighted by molar-refractivity contribution is 5.98. The van der Waals surface area contributed by atoms with E-state index in [-0.39, 0.29) is 24.4 Å². The van der Waals surface area contributed by atoms with Gasteiger partial charge in [0.25, 0.3) is 5.91 Å². The predicted octanol–water partition coefficient (Wildman–Crippen LogP) is 3.27. The Bertz CT molecular complexity index is 686. The first-order chi connectivity index (χ1) is 12.3. The number of hydrogen-bond donors (Lipinski definition) is 0. The Morgan fingerprint density at radius 1 is 1.08 bits per heavy atom. The number of benzene rings is 1. The fourth-order valence-corrected chi connectivity index (χ4v) is 3.56. The molecule has 4 nitrogen and oxygen atoms in total. The lowest BCUT2D eigenvalue weighted by Crippen LogP contribution is -2.49. The molecule has 2 fully saturated rings. The van der Waals surface area contributed by atoms with Crippen molar-refractivity contribution in [3.8, 4) is 0 Å². The maximum Gasteiger partial charge on any atom is 0.416 e. The van der Waals surface area contributed by atoms with Crippen molar-refractivity contribution >= 4 is 11.8 Å². The summed E-state index contributed by atoms with van der Waals surface area (Å²) in [6.07, 6.45) is -3.30. The van der Waals surface area contributed by atoms with Crippen LogP contribution in [0.4, 0.5) is 17.6 Å². The maximum atomic E-state index is 14.0. The lowest BCUT2D eigenvalue weighted by molar-refractivity contribution is -0.138. The average molecular weight is 372 g/mol. The number of amides is 2. The lowest BCUT2D eigenvalue weighted by Gasteiger charge is -2.32. The number of likely N-dealkylation sites (tertiary alicyclic amines) is 2. The molecule has 2 aliphatic heterocycles. The molecule has 2 heterocycles. The summed E-state index contributed by atoms with van der Waals surface area (Å²) in [6.45, 7) is 0.856. The van der Waals surface area contributed by atoms with Gasteiger partial charge in [-0.05, 0) is 37.5 Å². The molecule has 1 aromatic rings. The zero-order chi connectivity index (χ0) is 18.9. The monoisotopic (exact) mass is 372 g/mol. The molecular weight excluding hydrogens is 352 g/mol. The van der Waals surface area contributed by atoms with Crippen LogP contribution in [0.5, 0.6) is 0 Å². The van der Waals surface area contributed by atoms with E-state index < -0.39 is 29.9 Å². The van der Waals surface area contributed by atoms with Crippen molar-refractivity contribution in [1.82, 2.24) is 9.80 Å². The topological polar surface area (TPSA) is 40.6 Å². The first kappa shape index (κ1) is 18.7. The number of alkyl halides is 4. The maximum absolute atomic E-state index is 14.0. The first-order valence-corrected chi connectivity index (χ1v) is 8.68. The highest BCUT2D eigenvalue weighted by atomic mass is 19.4. The van der Waals surface area contributed by atoms with Gasteiger partial charge in [-0.1, -0.05) is 6.07 Å². The largest absolute Gasteiger partial charge is 0.416 e. The molecule has 0 aromatic heterocycles. The van der Waals surface area contributed by atoms with Gasteiger partial charge in [0.1, 0.15) is 12.2 Å². The summed E-state index contributed by atoms with van der Waals surface area (Å²) >= 11 is 0. The van der Waals surface area contributed by atoms with Gasteiger partial charge in [0.2, 0.25) is 5.91 Å². The van der Waals surface area contributed by atoms with E-state index in [1.165, 1.54) is 6.07 Å². The van der Waals surface area contributed by atoms with Crippen molar-refractivity contribution in [2.24, 2.45) is 0 Å². The molecule has 8 heteroatoms. The molecule has 0 bridgehead atoms. The Morgan fingerprint density at radius 2 is 1.77 bits per heavy atom. The van der Waals surface area contributed by atoms with Crippen molar-refractivity contribution in [3.05, 3.63) is 35.4 Å². The van der Waals surface area contributed by atoms with E-state index >= 15 is 0 Å². The normalized spacial score (nSPS) is 24.0. The molecule has 3 rings (SSSR count). The van der Waals surface area contributed by atoms with Gasteiger partial charge in [-0.15, -0.1) is 0 Å². The van der Waals surface area contributed by atoms with Crippen molar-refractivity contribution in [1.29, 1.82) is 0 Å². The number of carbonyl (C=O) groups is 2. The molecule has 0 aliphatic carbocycles. The number of hydrogen-bond acceptors (Lipinski definition) is 2. The number of carbonyl (C=O) groups excluding carboxylic acids is 2. The molecule has 2 unspecified atom stereocenters. The zero-order valence-corrected chi connectivity index (χ0v) is 14.1. The van der Waals surface area contributed by atoms with Gasteiger partial charge in [0.15, 0.2) is 0 Å². The molecule has 0 saturated carbocycles. The molecule has 0 N–H and O–H groups in total. The Balaban J connectivity index is 1.81. The Hall–Kier alpha value is -2.12. The first-order valence-electron chi connectivity index (χ1n) is 8.68. The highest BCUT2D eigenvalue weighted by Gasteiger charge is 2.42. The summed E-state index contributed by atoms with van der Waals surface area (Å²) < 4.78 is 52.6. The van der Waals surface area contributed by atoms with E-state index in [1.54, 1.807) is 4.90 Å². The van der Waals surface area contributed by atoms with Crippen molar-refractivity contribution in [2.45, 2.75) is 44.1 Å². The second kappa shape index (κ2) is 7.25. The van der Waals surface area contributed by atoms with Crippen LogP contribution < -0.4 is 0 Å². The van der Waals surface area contributed by atoms with Crippen molar-refractivity contribution in [3.63, 3.8) is 0 Å². The SMILES string of the molecule is O=C(C1CC(F)CN1C(=O)c1cccc(C(F)(F)F)c1)N1CCCCC1. The smallest absolute Gasteiger partial charge is 0.341 e. The molecule has 1 aromatic carbocycles. The number of piperidine rings is 1. The van der Waals surface area contributed by atoms with Gasteiger partial charge in [0, 0.05) is 25.1 Å². The van der Waals surface area contributed by atoms with E-state index in [2.05, 4.69) is 0 Å². The van der Waals surface area contributed by atoms with Gasteiger partial charge in [0.05, 0.1) is 12.1 Å². The van der Waals surface area contributed by atoms with E-state index in [1.807, 2.05) is 0 Å². The number of nitrogens with zero attached hydrogens (tertiary/aromatic N) is 2. The molecular formula is C18H20F4N2O2. The number of rotatable bonds is 2. The Morgan fingerprint density at radius 3 is 2.42 bits per heavy atom. The van der Waals surface area contributed by atoms with E-state index in [0.29, 0.717) is 13.1 Å². The number of halogens is 4. The fourth-order valence-electron chi connectivity index (χ4n) is 3.56. The lowest BCUT2D eigenvalue weighted by atomic mass is 10.1. The van der Waals surface area contributed by atoms with Crippen LogP contribution in [0.25, 0.3) is 0 Å². The van der Waals surface area contributed by atoms with Gasteiger partial charge < -0.3 is 9.80 Å². The average Bonchev–Trinajstić information content (AvgIpc) is 3.02. The fraction of sp³-hybridized carbons (Fsp3) is 0.556. The zero-order valence-electron chi connectivity index (χ0n) is 14.1. The van der Waals surface area contributed by atoms with Crippen LogP contribution >= 0.6 is 0 Å². The van der Waals surface area contributed by atoms with Crippen LogP contribution in [0.15, 0.2) is 24.3 Å². The third-order valence-electron chi connectivity index (χ3n) is 4.90. The van der Waals surface area contributed by atoms with Crippen LogP contribution in [-0.2, 0) is 11.0 Å². The third-order valence-corrected chi connectivity index (χ3v) is 4.90. The summed E-state index contributed by atoms with van der Waals surface area (Å²) in [5, 5.41) is 0. The minimum Gasteiger partial charge on any atom is -0.341 e. The van der Waals surface area contributed by atoms with Crippen LogP contribution in [-0.4, -0.2) is 53.5 Å². The molecule has 0 radical (unpaired) electrons. The molecule has 2 atom stereocenters. The van der Waals surface area contributed by atoms with Crippen molar-refractivity contribution < 1.29 is 27.2 Å². The van der Waals surface area contributed by atoms with Gasteiger partial charge >= 0.3 is 6.18 Å². The quantitative estimate of drug-likeness (QED) is 0.748. The van der Waals surface area contributed by atoms with Gasteiger partial charge in [-0.3, -0.25) is 9.59 Å². The summed E-state index contributed by atoms with van der Waals surface area (Å²) in [5.74, 6) is -1.06. The Labute approximate surface area is 148 Å². The minimum absolute atomic E-state index is 0.111. The van der Waals surface area contributed by atoms with Crippen LogP contribution in [0.3, 0.4) is 0 Å². The standard InChI is InChI=1S/C18H20F4N2O2/c19-14-10-15(17(26)23-7-2-1-3-8-23)24(11-14)16(25)12-5-4-6-13(9-12)18(20,21)22/h4-6,9,14-15H,1-3,7-8,10-11H2. The van der Waals surface area contributed by atoms with E-state index in [9.17, 15) is 27.2 Å². The van der Waals surface area contributed by atoms with Gasteiger partial charge in [-0.2, -0.15) is 13.2 Å². The summed E-state index contributed by atoms with van der Waals surface area (Å²) in [6, 6.07) is 3.06. The third kappa shape index (κ3) is 3.83. The van der Waals surface area contributed by atoms with Crippen LogP contribution in [0.1, 0.15) is 41.6 Å². The van der Waals surface area contributed by atoms with E-state index in [0.717, 1.165) is 42.4 Å². The predicted molar refractivity (Wildman–Crippen MR) is 86.2 cm³/mol. The van der Waals surface area contributed by atoms with E-state index in [4.69, 9.17) is 0 Å². The van der Waals surface area contributed by atoms with Crippen LogP contribution in [0.2, 0.25) is 0 Å². The second-order valence-electron chi connectivity index (χ2n) is 6.77. The molecule has 26 heavy (non-hydrogen) atoms. The molecule has 0 spiro atoms. The molecule has 2 aliphatic rings. The molecule has 2 amide bonds. The van der Waals surface area contributed by atoms with Crippen molar-refractivity contribution in [2.75, 3.05) is 19.6 Å². The van der Waals surface area contributed by atoms with Gasteiger partial charge in [-0.25, -0.2) is 4.39 Å². The summed E-state index contributed by atoms with van der Waals surface area (Å²) in [5.41, 5.74) is -1.14. The summed E-state index contributed by atoms with van der Waals surface area (Å²) in [7, 11) is 0. The summed E-state index contributed by atoms with van der Waals surface area (Å²) in [4.78, 5) is 28.1. The molecule has 2 saturated heterocycles.